The van der Waals surface area contributed by atoms with Gasteiger partial charge in [-0.15, -0.1) is 0 Å². The maximum atomic E-state index is 12.3. The average molecular weight is 304 g/mol. The number of rotatable bonds is 5. The molecule has 120 valence electrons. The van der Waals surface area contributed by atoms with E-state index in [1.165, 1.54) is 0 Å². The fourth-order valence-electron chi connectivity index (χ4n) is 3.76. The number of carbonyl (C=O) groups excluding carboxylic acids is 2. The molecule has 0 aromatic carbocycles. The van der Waals surface area contributed by atoms with Crippen molar-refractivity contribution >= 4 is 11.8 Å². The highest BCUT2D eigenvalue weighted by atomic mass is 16.2. The van der Waals surface area contributed by atoms with E-state index in [0.29, 0.717) is 30.7 Å². The number of aryl methyl sites for hydroxylation is 1. The van der Waals surface area contributed by atoms with Crippen molar-refractivity contribution in [1.82, 2.24) is 20.0 Å². The van der Waals surface area contributed by atoms with Gasteiger partial charge in [-0.3, -0.25) is 14.3 Å². The summed E-state index contributed by atoms with van der Waals surface area (Å²) in [5.41, 5.74) is 0. The Kier molecular flexibility index (Phi) is 4.45. The Morgan fingerprint density at radius 2 is 2.27 bits per heavy atom. The lowest BCUT2D eigenvalue weighted by Gasteiger charge is -2.25. The lowest BCUT2D eigenvalue weighted by atomic mass is 9.89. The Labute approximate surface area is 130 Å². The lowest BCUT2D eigenvalue weighted by molar-refractivity contribution is -0.132. The van der Waals surface area contributed by atoms with Crippen molar-refractivity contribution in [2.45, 2.75) is 44.7 Å². The first-order valence-corrected chi connectivity index (χ1v) is 8.13. The molecule has 2 amide bonds. The molecule has 0 bridgehead atoms. The second-order valence-electron chi connectivity index (χ2n) is 6.53. The minimum atomic E-state index is 0.162. The van der Waals surface area contributed by atoms with Crippen LogP contribution in [-0.4, -0.2) is 46.1 Å². The summed E-state index contributed by atoms with van der Waals surface area (Å²) in [6.45, 7) is 1.56. The summed E-state index contributed by atoms with van der Waals surface area (Å²) in [6, 6.07) is 2.18. The molecule has 2 fully saturated rings. The minimum absolute atomic E-state index is 0.162. The van der Waals surface area contributed by atoms with Crippen molar-refractivity contribution in [2.24, 2.45) is 11.8 Å². The number of aromatic nitrogens is 2. The average Bonchev–Trinajstić information content (AvgIpc) is 3.14. The molecule has 6 nitrogen and oxygen atoms in total. The Morgan fingerprint density at radius 3 is 3.05 bits per heavy atom. The molecule has 0 radical (unpaired) electrons. The molecule has 0 unspecified atom stereocenters. The van der Waals surface area contributed by atoms with E-state index >= 15 is 0 Å². The molecule has 3 rings (SSSR count). The van der Waals surface area contributed by atoms with Gasteiger partial charge >= 0.3 is 0 Å². The van der Waals surface area contributed by atoms with Crippen LogP contribution in [-0.2, 0) is 16.1 Å². The molecule has 1 aromatic rings. The van der Waals surface area contributed by atoms with Crippen molar-refractivity contribution in [1.29, 1.82) is 0 Å². The van der Waals surface area contributed by atoms with Gasteiger partial charge in [0, 0.05) is 51.4 Å². The normalized spacial score (nSPS) is 27.3. The number of nitrogens with one attached hydrogen (secondary N) is 1. The second kappa shape index (κ2) is 6.50. The number of hydrogen-bond acceptors (Lipinski definition) is 3. The van der Waals surface area contributed by atoms with E-state index < -0.39 is 0 Å². The van der Waals surface area contributed by atoms with Crippen molar-refractivity contribution in [2.75, 3.05) is 13.6 Å². The summed E-state index contributed by atoms with van der Waals surface area (Å²) in [4.78, 5) is 25.7. The van der Waals surface area contributed by atoms with Crippen LogP contribution >= 0.6 is 0 Å². The van der Waals surface area contributed by atoms with Crippen LogP contribution in [0.3, 0.4) is 0 Å². The zero-order valence-electron chi connectivity index (χ0n) is 13.1. The van der Waals surface area contributed by atoms with E-state index in [1.54, 1.807) is 6.20 Å². The fourth-order valence-corrected chi connectivity index (χ4v) is 3.76. The lowest BCUT2D eigenvalue weighted by Crippen LogP contribution is -2.38. The van der Waals surface area contributed by atoms with E-state index in [9.17, 15) is 9.59 Å². The van der Waals surface area contributed by atoms with Crippen LogP contribution in [0.1, 0.15) is 32.1 Å². The molecule has 2 heterocycles. The molecule has 3 atom stereocenters. The van der Waals surface area contributed by atoms with Gasteiger partial charge in [-0.2, -0.15) is 5.10 Å². The maximum absolute atomic E-state index is 12.3. The summed E-state index contributed by atoms with van der Waals surface area (Å²) in [7, 11) is 1.91. The van der Waals surface area contributed by atoms with Gasteiger partial charge < -0.3 is 10.2 Å². The summed E-state index contributed by atoms with van der Waals surface area (Å²) in [5, 5.41) is 7.08. The molecule has 0 spiro atoms. The topological polar surface area (TPSA) is 67.2 Å². The molecular weight excluding hydrogens is 280 g/mol. The molecular formula is C16H24N4O2. The van der Waals surface area contributed by atoms with Gasteiger partial charge in [0.1, 0.15) is 0 Å². The SMILES string of the molecule is CN(C(=O)CCCn1cccn1)[C@H]1C[C@H]2CC(=O)NC[C@H]2C1. The standard InChI is InChI=1S/C16H24N4O2/c1-19(16(22)4-2-6-20-7-3-5-18-20)14-8-12-10-15(21)17-11-13(12)9-14/h3,5,7,12-14H,2,4,6,8-11H2,1H3,(H,17,21)/t12-,13+,14-/m0/s1. The number of piperidine rings is 1. The van der Waals surface area contributed by atoms with Crippen molar-refractivity contribution in [3.8, 4) is 0 Å². The zero-order valence-corrected chi connectivity index (χ0v) is 13.1. The summed E-state index contributed by atoms with van der Waals surface area (Å²) in [6.07, 6.45) is 7.65. The van der Waals surface area contributed by atoms with Crippen LogP contribution < -0.4 is 5.32 Å². The number of carbonyl (C=O) groups is 2. The highest BCUT2D eigenvalue weighted by Gasteiger charge is 2.40. The van der Waals surface area contributed by atoms with Gasteiger partial charge in [-0.05, 0) is 37.2 Å². The van der Waals surface area contributed by atoms with E-state index in [0.717, 1.165) is 32.4 Å². The quantitative estimate of drug-likeness (QED) is 0.883. The van der Waals surface area contributed by atoms with E-state index in [1.807, 2.05) is 28.9 Å². The Bertz CT molecular complexity index is 528. The smallest absolute Gasteiger partial charge is 0.222 e. The first kappa shape index (κ1) is 15.1. The third kappa shape index (κ3) is 3.31. The van der Waals surface area contributed by atoms with Crippen LogP contribution in [0.15, 0.2) is 18.5 Å². The zero-order chi connectivity index (χ0) is 15.5. The predicted molar refractivity (Wildman–Crippen MR) is 81.9 cm³/mol. The number of fused-ring (bicyclic) bond motifs is 1. The fraction of sp³-hybridized carbons (Fsp3) is 0.688. The van der Waals surface area contributed by atoms with Crippen molar-refractivity contribution < 1.29 is 9.59 Å². The van der Waals surface area contributed by atoms with Gasteiger partial charge in [0.05, 0.1) is 0 Å². The minimum Gasteiger partial charge on any atom is -0.356 e. The Balaban J connectivity index is 1.45. The van der Waals surface area contributed by atoms with Crippen LogP contribution in [0.25, 0.3) is 0 Å². The first-order valence-electron chi connectivity index (χ1n) is 8.13. The number of hydrogen-bond donors (Lipinski definition) is 1. The van der Waals surface area contributed by atoms with Gasteiger partial charge in [-0.1, -0.05) is 0 Å². The molecule has 1 aliphatic heterocycles. The summed E-state index contributed by atoms with van der Waals surface area (Å²) >= 11 is 0. The van der Waals surface area contributed by atoms with E-state index in [-0.39, 0.29) is 11.8 Å². The molecule has 1 aliphatic carbocycles. The highest BCUT2D eigenvalue weighted by Crippen LogP contribution is 2.38. The number of amides is 2. The monoisotopic (exact) mass is 304 g/mol. The molecule has 1 saturated heterocycles. The third-order valence-electron chi connectivity index (χ3n) is 5.10. The van der Waals surface area contributed by atoms with Crippen LogP contribution in [0.4, 0.5) is 0 Å². The molecule has 22 heavy (non-hydrogen) atoms. The van der Waals surface area contributed by atoms with Gasteiger partial charge in [0.15, 0.2) is 0 Å². The van der Waals surface area contributed by atoms with E-state index in [2.05, 4.69) is 10.4 Å². The Hall–Kier alpha value is -1.85. The van der Waals surface area contributed by atoms with Crippen LogP contribution in [0.2, 0.25) is 0 Å². The second-order valence-corrected chi connectivity index (χ2v) is 6.53. The van der Waals surface area contributed by atoms with Gasteiger partial charge in [0.2, 0.25) is 11.8 Å². The largest absolute Gasteiger partial charge is 0.356 e. The van der Waals surface area contributed by atoms with Crippen molar-refractivity contribution in [3.05, 3.63) is 18.5 Å². The third-order valence-corrected chi connectivity index (χ3v) is 5.10. The molecule has 1 saturated carbocycles. The van der Waals surface area contributed by atoms with Gasteiger partial charge in [0.25, 0.3) is 0 Å². The highest BCUT2D eigenvalue weighted by molar-refractivity contribution is 5.77. The van der Waals surface area contributed by atoms with E-state index in [4.69, 9.17) is 0 Å². The molecule has 2 aliphatic rings. The van der Waals surface area contributed by atoms with Gasteiger partial charge in [-0.25, -0.2) is 0 Å². The first-order chi connectivity index (χ1) is 10.6. The van der Waals surface area contributed by atoms with Crippen LogP contribution in [0, 0.1) is 11.8 Å². The molecule has 1 aromatic heterocycles. The van der Waals surface area contributed by atoms with Crippen molar-refractivity contribution in [3.63, 3.8) is 0 Å². The maximum Gasteiger partial charge on any atom is 0.222 e. The summed E-state index contributed by atoms with van der Waals surface area (Å²) < 4.78 is 1.86. The summed E-state index contributed by atoms with van der Waals surface area (Å²) in [5.74, 6) is 1.37. The number of nitrogens with zero attached hydrogens (tertiary/aromatic N) is 3. The predicted octanol–water partition coefficient (Wildman–Crippen LogP) is 1.04. The Morgan fingerprint density at radius 1 is 1.45 bits per heavy atom. The molecule has 1 N–H and O–H groups in total. The molecule has 6 heteroatoms. The van der Waals surface area contributed by atoms with Crippen LogP contribution in [0.5, 0.6) is 0 Å².